The second kappa shape index (κ2) is 11.9. The number of rotatable bonds is 10. The number of carbonyl (C=O) groups excluding carboxylic acids is 3. The number of hydrogen-bond acceptors (Lipinski definition) is 6. The summed E-state index contributed by atoms with van der Waals surface area (Å²) in [6, 6.07) is 0. The van der Waals surface area contributed by atoms with Gasteiger partial charge in [0.1, 0.15) is 0 Å². The average molecular weight is 300 g/mol. The van der Waals surface area contributed by atoms with E-state index in [-0.39, 0.29) is 0 Å². The van der Waals surface area contributed by atoms with E-state index in [0.717, 1.165) is 37.8 Å². The zero-order valence-electron chi connectivity index (χ0n) is 12.9. The molecule has 6 nitrogen and oxygen atoms in total. The van der Waals surface area contributed by atoms with E-state index in [4.69, 9.17) is 14.2 Å². The first kappa shape index (κ1) is 19.1. The lowest BCUT2D eigenvalue weighted by Crippen LogP contribution is -2.26. The SMILES string of the molecule is CCCCOC(=O)/C=C\C(=O)O[C@@H](C)C(=O)OCCCC. The maximum Gasteiger partial charge on any atom is 0.347 e. The van der Waals surface area contributed by atoms with Crippen LogP contribution in [-0.4, -0.2) is 37.2 Å². The summed E-state index contributed by atoms with van der Waals surface area (Å²) in [5.41, 5.74) is 0. The zero-order valence-corrected chi connectivity index (χ0v) is 12.9. The lowest BCUT2D eigenvalue weighted by atomic mass is 10.3. The molecular weight excluding hydrogens is 276 g/mol. The Labute approximate surface area is 125 Å². The van der Waals surface area contributed by atoms with Gasteiger partial charge in [-0.3, -0.25) is 0 Å². The van der Waals surface area contributed by atoms with Gasteiger partial charge < -0.3 is 14.2 Å². The number of ether oxygens (including phenoxy) is 3. The van der Waals surface area contributed by atoms with Crippen molar-refractivity contribution in [2.24, 2.45) is 0 Å². The highest BCUT2D eigenvalue weighted by Gasteiger charge is 2.17. The van der Waals surface area contributed by atoms with Crippen molar-refractivity contribution in [1.29, 1.82) is 0 Å². The number of carbonyl (C=O) groups is 3. The minimum Gasteiger partial charge on any atom is -0.463 e. The maximum atomic E-state index is 11.5. The second-order valence-corrected chi connectivity index (χ2v) is 4.45. The summed E-state index contributed by atoms with van der Waals surface area (Å²) < 4.78 is 14.5. The molecule has 0 aromatic carbocycles. The van der Waals surface area contributed by atoms with Gasteiger partial charge in [0.25, 0.3) is 0 Å². The Kier molecular flexibility index (Phi) is 10.9. The van der Waals surface area contributed by atoms with E-state index in [0.29, 0.717) is 13.2 Å². The Bertz CT molecular complexity index is 361. The topological polar surface area (TPSA) is 78.9 Å². The molecule has 0 aromatic rings. The van der Waals surface area contributed by atoms with E-state index in [1.807, 2.05) is 13.8 Å². The summed E-state index contributed by atoms with van der Waals surface area (Å²) >= 11 is 0. The summed E-state index contributed by atoms with van der Waals surface area (Å²) in [6.45, 7) is 5.98. The molecule has 0 saturated heterocycles. The number of unbranched alkanes of at least 4 members (excludes halogenated alkanes) is 2. The maximum absolute atomic E-state index is 11.5. The van der Waals surface area contributed by atoms with Crippen LogP contribution in [0.2, 0.25) is 0 Å². The third-order valence-electron chi connectivity index (χ3n) is 2.46. The molecule has 0 amide bonds. The molecule has 0 aliphatic heterocycles. The van der Waals surface area contributed by atoms with Gasteiger partial charge in [0.15, 0.2) is 6.10 Å². The highest BCUT2D eigenvalue weighted by molar-refractivity contribution is 5.92. The van der Waals surface area contributed by atoms with Gasteiger partial charge in [-0.05, 0) is 19.8 Å². The van der Waals surface area contributed by atoms with Crippen LogP contribution in [0.3, 0.4) is 0 Å². The molecule has 0 aliphatic rings. The van der Waals surface area contributed by atoms with Crippen LogP contribution in [0.4, 0.5) is 0 Å². The Morgan fingerprint density at radius 1 is 0.905 bits per heavy atom. The summed E-state index contributed by atoms with van der Waals surface area (Å²) in [5, 5.41) is 0. The first-order chi connectivity index (χ1) is 10.0. The van der Waals surface area contributed by atoms with Crippen LogP contribution in [0.25, 0.3) is 0 Å². The second-order valence-electron chi connectivity index (χ2n) is 4.45. The van der Waals surface area contributed by atoms with Crippen molar-refractivity contribution in [3.8, 4) is 0 Å². The quantitative estimate of drug-likeness (QED) is 0.266. The van der Waals surface area contributed by atoms with Crippen LogP contribution in [0.1, 0.15) is 46.5 Å². The minimum absolute atomic E-state index is 0.302. The molecular formula is C15H24O6. The van der Waals surface area contributed by atoms with E-state index in [2.05, 4.69) is 0 Å². The van der Waals surface area contributed by atoms with Crippen molar-refractivity contribution in [3.05, 3.63) is 12.2 Å². The van der Waals surface area contributed by atoms with E-state index in [1.54, 1.807) is 0 Å². The van der Waals surface area contributed by atoms with Crippen molar-refractivity contribution in [3.63, 3.8) is 0 Å². The van der Waals surface area contributed by atoms with Gasteiger partial charge in [-0.1, -0.05) is 26.7 Å². The van der Waals surface area contributed by atoms with Crippen molar-refractivity contribution >= 4 is 17.9 Å². The van der Waals surface area contributed by atoms with Crippen LogP contribution < -0.4 is 0 Å². The molecule has 0 unspecified atom stereocenters. The molecule has 0 aromatic heterocycles. The molecule has 0 radical (unpaired) electrons. The molecule has 120 valence electrons. The van der Waals surface area contributed by atoms with Crippen LogP contribution in [0.15, 0.2) is 12.2 Å². The highest BCUT2D eigenvalue weighted by atomic mass is 16.6. The molecule has 6 heteroatoms. The molecule has 0 bridgehead atoms. The van der Waals surface area contributed by atoms with E-state index >= 15 is 0 Å². The average Bonchev–Trinajstić information content (AvgIpc) is 2.45. The molecule has 0 aliphatic carbocycles. The molecule has 0 spiro atoms. The lowest BCUT2D eigenvalue weighted by molar-refractivity contribution is -0.163. The van der Waals surface area contributed by atoms with E-state index < -0.39 is 24.0 Å². The molecule has 1 atom stereocenters. The van der Waals surface area contributed by atoms with Crippen LogP contribution in [0, 0.1) is 0 Å². The van der Waals surface area contributed by atoms with Gasteiger partial charge in [0.05, 0.1) is 13.2 Å². The highest BCUT2D eigenvalue weighted by Crippen LogP contribution is 1.99. The first-order valence-electron chi connectivity index (χ1n) is 7.23. The third-order valence-corrected chi connectivity index (χ3v) is 2.46. The van der Waals surface area contributed by atoms with Crippen LogP contribution in [0.5, 0.6) is 0 Å². The van der Waals surface area contributed by atoms with Gasteiger partial charge in [-0.15, -0.1) is 0 Å². The Balaban J connectivity index is 4.00. The number of hydrogen-bond donors (Lipinski definition) is 0. The molecule has 0 saturated carbocycles. The lowest BCUT2D eigenvalue weighted by Gasteiger charge is -2.11. The van der Waals surface area contributed by atoms with Gasteiger partial charge in [0, 0.05) is 12.2 Å². The van der Waals surface area contributed by atoms with E-state index in [9.17, 15) is 14.4 Å². The summed E-state index contributed by atoms with van der Waals surface area (Å²) in [5.74, 6) is -2.00. The molecule has 0 N–H and O–H groups in total. The fourth-order valence-electron chi connectivity index (χ4n) is 1.20. The predicted octanol–water partition coefficient (Wildman–Crippen LogP) is 2.16. The largest absolute Gasteiger partial charge is 0.463 e. The molecule has 21 heavy (non-hydrogen) atoms. The van der Waals surface area contributed by atoms with Gasteiger partial charge in [-0.2, -0.15) is 0 Å². The normalized spacial score (nSPS) is 12.0. The first-order valence-corrected chi connectivity index (χ1v) is 7.23. The smallest absolute Gasteiger partial charge is 0.347 e. The van der Waals surface area contributed by atoms with Crippen molar-refractivity contribution in [2.45, 2.75) is 52.6 Å². The summed E-state index contributed by atoms with van der Waals surface area (Å²) in [4.78, 5) is 34.1. The minimum atomic E-state index is -1.00. The van der Waals surface area contributed by atoms with Crippen molar-refractivity contribution < 1.29 is 28.6 Å². The fourth-order valence-corrected chi connectivity index (χ4v) is 1.20. The predicted molar refractivity (Wildman–Crippen MR) is 76.4 cm³/mol. The van der Waals surface area contributed by atoms with Gasteiger partial charge >= 0.3 is 17.9 Å². The third kappa shape index (κ3) is 10.6. The molecule has 0 fully saturated rings. The van der Waals surface area contributed by atoms with Crippen LogP contribution in [-0.2, 0) is 28.6 Å². The summed E-state index contributed by atoms with van der Waals surface area (Å²) in [6.07, 6.45) is 4.26. The van der Waals surface area contributed by atoms with Crippen LogP contribution >= 0.6 is 0 Å². The van der Waals surface area contributed by atoms with Crippen molar-refractivity contribution in [1.82, 2.24) is 0 Å². The van der Waals surface area contributed by atoms with Gasteiger partial charge in [0.2, 0.25) is 0 Å². The number of esters is 3. The zero-order chi connectivity index (χ0) is 16.1. The molecule has 0 rings (SSSR count). The summed E-state index contributed by atoms with van der Waals surface area (Å²) in [7, 11) is 0. The van der Waals surface area contributed by atoms with Gasteiger partial charge in [-0.25, -0.2) is 14.4 Å². The Hall–Kier alpha value is -1.85. The fraction of sp³-hybridized carbons (Fsp3) is 0.667. The van der Waals surface area contributed by atoms with Crippen molar-refractivity contribution in [2.75, 3.05) is 13.2 Å². The standard InChI is InChI=1S/C15H24O6/c1-4-6-10-19-13(16)8-9-14(17)21-12(3)15(18)20-11-7-5-2/h8-9,12H,4-7,10-11H2,1-3H3/b9-8-/t12-/m0/s1. The van der Waals surface area contributed by atoms with E-state index in [1.165, 1.54) is 6.92 Å². The monoisotopic (exact) mass is 300 g/mol. The Morgan fingerprint density at radius 2 is 1.43 bits per heavy atom. The Morgan fingerprint density at radius 3 is 2.00 bits per heavy atom. The molecule has 0 heterocycles.